The van der Waals surface area contributed by atoms with E-state index >= 15 is 0 Å². The molecule has 0 aliphatic carbocycles. The molecule has 2 aliphatic heterocycles. The van der Waals surface area contributed by atoms with Crippen LogP contribution in [0.4, 0.5) is 10.5 Å². The fourth-order valence-corrected chi connectivity index (χ4v) is 4.21. The van der Waals surface area contributed by atoms with E-state index in [0.717, 1.165) is 31.4 Å². The highest BCUT2D eigenvalue weighted by Crippen LogP contribution is 2.20. The summed E-state index contributed by atoms with van der Waals surface area (Å²) in [6.45, 7) is 2.27. The lowest BCUT2D eigenvalue weighted by molar-refractivity contribution is -0.127. The molecule has 1 unspecified atom stereocenters. The number of amides is 4. The second-order valence-electron chi connectivity index (χ2n) is 8.17. The molecule has 4 amide bonds. The molecule has 8 nitrogen and oxygen atoms in total. The van der Waals surface area contributed by atoms with Gasteiger partial charge in [0.1, 0.15) is 6.26 Å². The van der Waals surface area contributed by atoms with E-state index in [0.29, 0.717) is 31.7 Å². The van der Waals surface area contributed by atoms with Gasteiger partial charge in [-0.2, -0.15) is 0 Å². The Kier molecular flexibility index (Phi) is 6.54. The molecule has 1 atom stereocenters. The number of likely N-dealkylation sites (tertiary alicyclic amines) is 2. The van der Waals surface area contributed by atoms with Crippen LogP contribution in [0.5, 0.6) is 0 Å². The van der Waals surface area contributed by atoms with Crippen LogP contribution < -0.4 is 10.6 Å². The molecule has 2 aliphatic rings. The lowest BCUT2D eigenvalue weighted by atomic mass is 9.96. The van der Waals surface area contributed by atoms with Crippen molar-refractivity contribution in [2.45, 2.75) is 31.7 Å². The standard InChI is InChI=1S/C23H28N4O4/c28-21(24-20-8-12-26(13-9-20)22(29)18-10-14-31-16-18)17-5-4-11-27(15-17)23(30)25-19-6-2-1-3-7-19/h1-3,6-7,10,14,16-17,20H,4-5,8-9,11-13,15H2,(H,24,28)(H,25,30). The first-order valence-electron chi connectivity index (χ1n) is 10.8. The summed E-state index contributed by atoms with van der Waals surface area (Å²) in [7, 11) is 0. The molecule has 0 saturated carbocycles. The van der Waals surface area contributed by atoms with Crippen molar-refractivity contribution in [2.24, 2.45) is 5.92 Å². The number of piperidine rings is 2. The van der Waals surface area contributed by atoms with Crippen LogP contribution in [0.1, 0.15) is 36.0 Å². The third-order valence-electron chi connectivity index (χ3n) is 6.00. The first-order chi connectivity index (χ1) is 15.1. The Labute approximate surface area is 181 Å². The number of rotatable bonds is 4. The van der Waals surface area contributed by atoms with E-state index in [-0.39, 0.29) is 29.8 Å². The molecule has 31 heavy (non-hydrogen) atoms. The highest BCUT2D eigenvalue weighted by atomic mass is 16.3. The largest absolute Gasteiger partial charge is 0.472 e. The van der Waals surface area contributed by atoms with Gasteiger partial charge in [-0.3, -0.25) is 9.59 Å². The lowest BCUT2D eigenvalue weighted by Gasteiger charge is -2.35. The van der Waals surface area contributed by atoms with E-state index in [1.54, 1.807) is 15.9 Å². The van der Waals surface area contributed by atoms with Crippen LogP contribution >= 0.6 is 0 Å². The quantitative estimate of drug-likeness (QED) is 0.789. The zero-order valence-electron chi connectivity index (χ0n) is 17.5. The van der Waals surface area contributed by atoms with Crippen LogP contribution in [0.15, 0.2) is 53.3 Å². The molecule has 0 bridgehead atoms. The Morgan fingerprint density at radius 2 is 1.71 bits per heavy atom. The summed E-state index contributed by atoms with van der Waals surface area (Å²) in [4.78, 5) is 41.3. The number of anilines is 1. The average Bonchev–Trinajstić information content (AvgIpc) is 3.35. The van der Waals surface area contributed by atoms with E-state index in [2.05, 4.69) is 10.6 Å². The van der Waals surface area contributed by atoms with Crippen molar-refractivity contribution in [2.75, 3.05) is 31.5 Å². The summed E-state index contributed by atoms with van der Waals surface area (Å²) < 4.78 is 4.99. The predicted octanol–water partition coefficient (Wildman–Crippen LogP) is 2.94. The van der Waals surface area contributed by atoms with E-state index in [4.69, 9.17) is 4.42 Å². The van der Waals surface area contributed by atoms with E-state index in [1.165, 1.54) is 12.5 Å². The van der Waals surface area contributed by atoms with E-state index in [9.17, 15) is 14.4 Å². The Balaban J connectivity index is 1.24. The van der Waals surface area contributed by atoms with Gasteiger partial charge in [-0.05, 0) is 43.9 Å². The topological polar surface area (TPSA) is 94.9 Å². The number of hydrogen-bond acceptors (Lipinski definition) is 4. The van der Waals surface area contributed by atoms with Crippen molar-refractivity contribution in [1.82, 2.24) is 15.1 Å². The van der Waals surface area contributed by atoms with Gasteiger partial charge in [0, 0.05) is 37.9 Å². The summed E-state index contributed by atoms with van der Waals surface area (Å²) >= 11 is 0. The second kappa shape index (κ2) is 9.68. The number of benzene rings is 1. The van der Waals surface area contributed by atoms with Crippen molar-refractivity contribution in [1.29, 1.82) is 0 Å². The highest BCUT2D eigenvalue weighted by molar-refractivity contribution is 5.94. The summed E-state index contributed by atoms with van der Waals surface area (Å²) in [6, 6.07) is 10.9. The SMILES string of the molecule is O=C(NC1CCN(C(=O)c2ccoc2)CC1)C1CCCN(C(=O)Nc2ccccc2)C1. The van der Waals surface area contributed by atoms with Crippen LogP contribution in [0.2, 0.25) is 0 Å². The molecule has 3 heterocycles. The van der Waals surface area contributed by atoms with E-state index < -0.39 is 0 Å². The van der Waals surface area contributed by atoms with Gasteiger partial charge in [0.25, 0.3) is 5.91 Å². The molecular formula is C23H28N4O4. The molecule has 1 aromatic heterocycles. The smallest absolute Gasteiger partial charge is 0.321 e. The Bertz CT molecular complexity index is 892. The van der Waals surface area contributed by atoms with Crippen molar-refractivity contribution >= 4 is 23.5 Å². The van der Waals surface area contributed by atoms with Gasteiger partial charge < -0.3 is 24.9 Å². The zero-order chi connectivity index (χ0) is 21.6. The van der Waals surface area contributed by atoms with Crippen molar-refractivity contribution in [3.8, 4) is 0 Å². The molecule has 4 rings (SSSR count). The number of carbonyl (C=O) groups excluding carboxylic acids is 3. The monoisotopic (exact) mass is 424 g/mol. The minimum Gasteiger partial charge on any atom is -0.472 e. The maximum absolute atomic E-state index is 12.8. The Hall–Kier alpha value is -3.29. The number of urea groups is 1. The summed E-state index contributed by atoms with van der Waals surface area (Å²) in [5.74, 6) is -0.247. The number of furan rings is 1. The number of hydrogen-bond donors (Lipinski definition) is 2. The summed E-state index contributed by atoms with van der Waals surface area (Å²) in [5.41, 5.74) is 1.30. The second-order valence-corrected chi connectivity index (χ2v) is 8.17. The fourth-order valence-electron chi connectivity index (χ4n) is 4.21. The minimum absolute atomic E-state index is 0.00294. The molecular weight excluding hydrogens is 396 g/mol. The molecule has 2 aromatic rings. The number of nitrogens with one attached hydrogen (secondary N) is 2. The molecule has 8 heteroatoms. The van der Waals surface area contributed by atoms with Gasteiger partial charge in [0.05, 0.1) is 17.7 Å². The van der Waals surface area contributed by atoms with E-state index in [1.807, 2.05) is 30.3 Å². The zero-order valence-corrected chi connectivity index (χ0v) is 17.5. The van der Waals surface area contributed by atoms with Crippen LogP contribution in [0.3, 0.4) is 0 Å². The van der Waals surface area contributed by atoms with Gasteiger partial charge in [0.15, 0.2) is 0 Å². The van der Waals surface area contributed by atoms with Crippen LogP contribution in [0.25, 0.3) is 0 Å². The van der Waals surface area contributed by atoms with Crippen LogP contribution in [-0.4, -0.2) is 59.9 Å². The number of para-hydroxylation sites is 1. The minimum atomic E-state index is -0.208. The van der Waals surface area contributed by atoms with Crippen molar-refractivity contribution in [3.63, 3.8) is 0 Å². The first kappa shape index (κ1) is 21.0. The normalized spacial score (nSPS) is 19.7. The first-order valence-corrected chi connectivity index (χ1v) is 10.8. The molecule has 0 radical (unpaired) electrons. The molecule has 1 aromatic carbocycles. The maximum atomic E-state index is 12.8. The van der Waals surface area contributed by atoms with Crippen LogP contribution in [0, 0.1) is 5.92 Å². The molecule has 0 spiro atoms. The Morgan fingerprint density at radius 1 is 0.935 bits per heavy atom. The van der Waals surface area contributed by atoms with Crippen molar-refractivity contribution in [3.05, 3.63) is 54.5 Å². The maximum Gasteiger partial charge on any atom is 0.321 e. The average molecular weight is 425 g/mol. The fraction of sp³-hybridized carbons (Fsp3) is 0.435. The third kappa shape index (κ3) is 5.25. The molecule has 2 saturated heterocycles. The van der Waals surface area contributed by atoms with Crippen molar-refractivity contribution < 1.29 is 18.8 Å². The van der Waals surface area contributed by atoms with Gasteiger partial charge in [-0.15, -0.1) is 0 Å². The predicted molar refractivity (Wildman–Crippen MR) is 116 cm³/mol. The van der Waals surface area contributed by atoms with Gasteiger partial charge >= 0.3 is 6.03 Å². The number of carbonyl (C=O) groups is 3. The lowest BCUT2D eigenvalue weighted by Crippen LogP contribution is -2.51. The Morgan fingerprint density at radius 3 is 2.42 bits per heavy atom. The molecule has 164 valence electrons. The van der Waals surface area contributed by atoms with Crippen LogP contribution in [-0.2, 0) is 4.79 Å². The third-order valence-corrected chi connectivity index (χ3v) is 6.00. The number of nitrogens with zero attached hydrogens (tertiary/aromatic N) is 2. The summed E-state index contributed by atoms with van der Waals surface area (Å²) in [5, 5.41) is 6.03. The van der Waals surface area contributed by atoms with Gasteiger partial charge in [-0.1, -0.05) is 18.2 Å². The molecule has 2 fully saturated rings. The van der Waals surface area contributed by atoms with Gasteiger partial charge in [0.2, 0.25) is 5.91 Å². The van der Waals surface area contributed by atoms with Gasteiger partial charge in [-0.25, -0.2) is 4.79 Å². The highest BCUT2D eigenvalue weighted by Gasteiger charge is 2.31. The summed E-state index contributed by atoms with van der Waals surface area (Å²) in [6.07, 6.45) is 5.98. The molecule has 2 N–H and O–H groups in total.